The molecule has 0 saturated heterocycles. The third-order valence-corrected chi connectivity index (χ3v) is 4.46. The van der Waals surface area contributed by atoms with Gasteiger partial charge in [0.25, 0.3) is 0 Å². The molecule has 0 aromatic heterocycles. The van der Waals surface area contributed by atoms with Crippen LogP contribution in [-0.2, 0) is 0 Å². The van der Waals surface area contributed by atoms with Crippen LogP contribution in [-0.4, -0.2) is 0 Å². The Morgan fingerprint density at radius 3 is 2.67 bits per heavy atom. The molecular formula is C10H7Cl2NS2. The van der Waals surface area contributed by atoms with Crippen molar-refractivity contribution in [3.05, 3.63) is 35.4 Å². The molecule has 0 radical (unpaired) electrons. The minimum absolute atomic E-state index is 0. The van der Waals surface area contributed by atoms with Crippen LogP contribution in [0, 0.1) is 0 Å². The first-order chi connectivity index (χ1) is 6.86. The Labute approximate surface area is 107 Å². The van der Waals surface area contributed by atoms with Gasteiger partial charge < -0.3 is 4.72 Å². The van der Waals surface area contributed by atoms with Crippen LogP contribution in [0.4, 0.5) is 5.69 Å². The zero-order valence-electron chi connectivity index (χ0n) is 7.49. The van der Waals surface area contributed by atoms with Crippen molar-refractivity contribution in [3.8, 4) is 0 Å². The van der Waals surface area contributed by atoms with Gasteiger partial charge in [-0.05, 0) is 16.9 Å². The van der Waals surface area contributed by atoms with Crippen molar-refractivity contribution >= 4 is 62.2 Å². The van der Waals surface area contributed by atoms with E-state index in [1.165, 1.54) is 16.0 Å². The Morgan fingerprint density at radius 2 is 1.87 bits per heavy atom. The van der Waals surface area contributed by atoms with Gasteiger partial charge in [0.05, 0.1) is 5.69 Å². The molecule has 0 aliphatic carbocycles. The van der Waals surface area contributed by atoms with E-state index in [9.17, 15) is 0 Å². The molecule has 1 N–H and O–H groups in total. The van der Waals surface area contributed by atoms with Gasteiger partial charge in [-0.25, -0.2) is 0 Å². The predicted octanol–water partition coefficient (Wildman–Crippen LogP) is 5.00. The third kappa shape index (κ3) is 1.78. The molecule has 5 heteroatoms. The summed E-state index contributed by atoms with van der Waals surface area (Å²) in [5.74, 6) is 0. The molecular weight excluding hydrogens is 269 g/mol. The molecule has 1 aliphatic rings. The van der Waals surface area contributed by atoms with Crippen molar-refractivity contribution in [1.29, 1.82) is 0 Å². The molecule has 3 rings (SSSR count). The third-order valence-electron chi connectivity index (χ3n) is 2.23. The lowest BCUT2D eigenvalue weighted by Crippen LogP contribution is -1.83. The first-order valence-electron chi connectivity index (χ1n) is 4.17. The lowest BCUT2D eigenvalue weighted by atomic mass is 10.1. The van der Waals surface area contributed by atoms with E-state index in [1.54, 1.807) is 21.8 Å². The summed E-state index contributed by atoms with van der Waals surface area (Å²) in [6.07, 6.45) is 0. The van der Waals surface area contributed by atoms with Crippen molar-refractivity contribution in [3.63, 3.8) is 0 Å². The number of hydrogen-bond acceptors (Lipinski definition) is 3. The monoisotopic (exact) mass is 275 g/mol. The second kappa shape index (κ2) is 4.34. The van der Waals surface area contributed by atoms with Gasteiger partial charge in [-0.2, -0.15) is 0 Å². The van der Waals surface area contributed by atoms with Crippen LogP contribution >= 0.6 is 45.8 Å². The Kier molecular flexibility index (Phi) is 3.26. The Balaban J connectivity index is 0.000000853. The molecule has 0 fully saturated rings. The molecule has 0 bridgehead atoms. The first kappa shape index (κ1) is 11.3. The topological polar surface area (TPSA) is 12.0 Å². The second-order valence-corrected chi connectivity index (χ2v) is 5.43. The van der Waals surface area contributed by atoms with Crippen molar-refractivity contribution in [2.75, 3.05) is 4.72 Å². The van der Waals surface area contributed by atoms with Gasteiger partial charge in [0.2, 0.25) is 0 Å². The molecule has 1 nitrogen and oxygen atoms in total. The normalized spacial score (nSPS) is 13.1. The van der Waals surface area contributed by atoms with Crippen LogP contribution < -0.4 is 4.72 Å². The van der Waals surface area contributed by atoms with Gasteiger partial charge in [0.1, 0.15) is 0 Å². The van der Waals surface area contributed by atoms with Crippen molar-refractivity contribution in [1.82, 2.24) is 0 Å². The highest BCUT2D eigenvalue weighted by Crippen LogP contribution is 2.49. The van der Waals surface area contributed by atoms with Gasteiger partial charge >= 0.3 is 0 Å². The maximum atomic E-state index is 6.19. The number of benzene rings is 2. The summed E-state index contributed by atoms with van der Waals surface area (Å²) in [4.78, 5) is 1.22. The Bertz CT molecular complexity index is 516. The lowest BCUT2D eigenvalue weighted by molar-refractivity contribution is 1.53. The quantitative estimate of drug-likeness (QED) is 0.537. The number of fused-ring (bicyclic) bond motifs is 3. The zero-order valence-corrected chi connectivity index (χ0v) is 10.7. The fourth-order valence-corrected chi connectivity index (χ4v) is 3.87. The van der Waals surface area contributed by atoms with E-state index in [2.05, 4.69) is 10.8 Å². The summed E-state index contributed by atoms with van der Waals surface area (Å²) in [7, 11) is 3.35. The van der Waals surface area contributed by atoms with Gasteiger partial charge in [0, 0.05) is 31.7 Å². The minimum Gasteiger partial charge on any atom is -0.319 e. The lowest BCUT2D eigenvalue weighted by Gasteiger charge is -2.05. The smallest absolute Gasteiger partial charge is 0.0674 e. The highest BCUT2D eigenvalue weighted by molar-refractivity contribution is 8.77. The van der Waals surface area contributed by atoms with E-state index >= 15 is 0 Å². The van der Waals surface area contributed by atoms with E-state index in [-0.39, 0.29) is 12.4 Å². The number of nitrogens with one attached hydrogen (secondary N) is 1. The largest absolute Gasteiger partial charge is 0.319 e. The van der Waals surface area contributed by atoms with E-state index in [0.29, 0.717) is 0 Å². The molecule has 1 heterocycles. The summed E-state index contributed by atoms with van der Waals surface area (Å²) >= 11 is 6.19. The zero-order chi connectivity index (χ0) is 9.54. The molecule has 0 unspecified atom stereocenters. The van der Waals surface area contributed by atoms with Gasteiger partial charge in [-0.15, -0.1) is 12.4 Å². The fourth-order valence-electron chi connectivity index (χ4n) is 1.59. The van der Waals surface area contributed by atoms with E-state index < -0.39 is 0 Å². The van der Waals surface area contributed by atoms with E-state index in [0.717, 1.165) is 10.4 Å². The van der Waals surface area contributed by atoms with Crippen LogP contribution in [0.15, 0.2) is 35.2 Å². The summed E-state index contributed by atoms with van der Waals surface area (Å²) in [6.45, 7) is 0. The highest BCUT2D eigenvalue weighted by atomic mass is 35.5. The minimum atomic E-state index is 0. The number of hydrogen-bond donors (Lipinski definition) is 1. The van der Waals surface area contributed by atoms with Crippen molar-refractivity contribution in [2.24, 2.45) is 0 Å². The summed E-state index contributed by atoms with van der Waals surface area (Å²) < 4.78 is 3.29. The number of rotatable bonds is 0. The van der Waals surface area contributed by atoms with Crippen LogP contribution in [0.3, 0.4) is 0 Å². The van der Waals surface area contributed by atoms with Crippen molar-refractivity contribution in [2.45, 2.75) is 4.90 Å². The van der Waals surface area contributed by atoms with Crippen LogP contribution in [0.1, 0.15) is 0 Å². The van der Waals surface area contributed by atoms with Crippen LogP contribution in [0.2, 0.25) is 5.02 Å². The average molecular weight is 276 g/mol. The summed E-state index contributed by atoms with van der Waals surface area (Å²) in [5.41, 5.74) is 1.19. The fraction of sp³-hybridized carbons (Fsp3) is 0. The van der Waals surface area contributed by atoms with Gasteiger partial charge in [-0.3, -0.25) is 0 Å². The van der Waals surface area contributed by atoms with Crippen molar-refractivity contribution < 1.29 is 0 Å². The molecule has 0 saturated carbocycles. The summed E-state index contributed by atoms with van der Waals surface area (Å²) in [5, 5.41) is 3.15. The molecule has 15 heavy (non-hydrogen) atoms. The van der Waals surface area contributed by atoms with Gasteiger partial charge in [-0.1, -0.05) is 35.9 Å². The van der Waals surface area contributed by atoms with E-state index in [4.69, 9.17) is 11.6 Å². The van der Waals surface area contributed by atoms with Crippen LogP contribution in [0.5, 0.6) is 0 Å². The van der Waals surface area contributed by atoms with Crippen LogP contribution in [0.25, 0.3) is 10.8 Å². The Hall–Kier alpha value is -0.220. The molecule has 0 spiro atoms. The number of halogens is 2. The Morgan fingerprint density at radius 1 is 1.13 bits per heavy atom. The molecule has 1 aliphatic heterocycles. The molecule has 2 aromatic rings. The van der Waals surface area contributed by atoms with Gasteiger partial charge in [0.15, 0.2) is 0 Å². The maximum Gasteiger partial charge on any atom is 0.0674 e. The molecule has 2 aromatic carbocycles. The standard InChI is InChI=1S/C10H6ClNS2.ClH/c11-8-5-9-10(12-14-13-9)7-4-2-1-3-6(7)8;/h1-5,12H;1H. The second-order valence-electron chi connectivity index (χ2n) is 3.05. The average Bonchev–Trinajstić information content (AvgIpc) is 2.66. The maximum absolute atomic E-state index is 6.19. The summed E-state index contributed by atoms with van der Waals surface area (Å²) in [6, 6.07) is 10.2. The molecule has 78 valence electrons. The predicted molar refractivity (Wildman–Crippen MR) is 73.3 cm³/mol. The number of anilines is 1. The molecule has 0 atom stereocenters. The van der Waals surface area contributed by atoms with E-state index in [1.807, 2.05) is 24.3 Å². The first-order valence-corrected chi connectivity index (χ1v) is 6.70. The SMILES string of the molecule is Cl.Clc1cc2c(c3ccccc13)NSS2. The highest BCUT2D eigenvalue weighted by Gasteiger charge is 2.16. The molecule has 0 amide bonds.